The number of aromatic amines is 1. The van der Waals surface area contributed by atoms with Crippen molar-refractivity contribution in [2.75, 3.05) is 13.1 Å². The maximum absolute atomic E-state index is 12.9. The number of ether oxygens (including phenoxy) is 1. The smallest absolute Gasteiger partial charge is 0.256 e. The first-order valence-electron chi connectivity index (χ1n) is 7.33. The van der Waals surface area contributed by atoms with Gasteiger partial charge in [-0.15, -0.1) is 0 Å². The molecule has 1 aliphatic rings. The normalized spacial score (nSPS) is 20.7. The maximum atomic E-state index is 12.9. The SMILES string of the molecule is CC1(C)CN(C(=O)c2cccc3cc[nH]c23)CC(C)(C)O1. The fraction of sp³-hybridized carbons (Fsp3) is 0.471. The summed E-state index contributed by atoms with van der Waals surface area (Å²) in [6.45, 7) is 9.33. The number of nitrogens with one attached hydrogen (secondary N) is 1. The molecule has 1 saturated heterocycles. The van der Waals surface area contributed by atoms with Crippen LogP contribution in [0.15, 0.2) is 30.5 Å². The molecule has 4 nitrogen and oxygen atoms in total. The molecule has 0 aliphatic carbocycles. The number of hydrogen-bond donors (Lipinski definition) is 1. The highest BCUT2D eigenvalue weighted by molar-refractivity contribution is 6.05. The van der Waals surface area contributed by atoms with Crippen molar-refractivity contribution in [3.8, 4) is 0 Å². The van der Waals surface area contributed by atoms with Gasteiger partial charge < -0.3 is 14.6 Å². The number of carbonyl (C=O) groups excluding carboxylic acids is 1. The third-order valence-corrected chi connectivity index (χ3v) is 3.80. The number of hydrogen-bond acceptors (Lipinski definition) is 2. The van der Waals surface area contributed by atoms with Crippen LogP contribution in [-0.4, -0.2) is 40.1 Å². The second kappa shape index (κ2) is 4.60. The van der Waals surface area contributed by atoms with Crippen molar-refractivity contribution in [2.24, 2.45) is 0 Å². The summed E-state index contributed by atoms with van der Waals surface area (Å²) < 4.78 is 6.05. The van der Waals surface area contributed by atoms with E-state index in [1.165, 1.54) is 0 Å². The van der Waals surface area contributed by atoms with E-state index in [-0.39, 0.29) is 17.1 Å². The van der Waals surface area contributed by atoms with Crippen LogP contribution in [0.4, 0.5) is 0 Å². The molecule has 0 unspecified atom stereocenters. The van der Waals surface area contributed by atoms with Gasteiger partial charge in [-0.3, -0.25) is 4.79 Å². The minimum absolute atomic E-state index is 0.0625. The molecule has 1 fully saturated rings. The molecule has 2 aromatic rings. The van der Waals surface area contributed by atoms with Gasteiger partial charge in [0.2, 0.25) is 0 Å². The number of morpholine rings is 1. The maximum Gasteiger partial charge on any atom is 0.256 e. The van der Waals surface area contributed by atoms with Gasteiger partial charge in [0.15, 0.2) is 0 Å². The highest BCUT2D eigenvalue weighted by Gasteiger charge is 2.40. The Morgan fingerprint density at radius 3 is 2.48 bits per heavy atom. The highest BCUT2D eigenvalue weighted by atomic mass is 16.5. The van der Waals surface area contributed by atoms with Crippen LogP contribution in [0.1, 0.15) is 38.1 Å². The molecule has 1 aromatic carbocycles. The summed E-state index contributed by atoms with van der Waals surface area (Å²) in [5.41, 5.74) is 0.970. The summed E-state index contributed by atoms with van der Waals surface area (Å²) >= 11 is 0. The van der Waals surface area contributed by atoms with Crippen LogP contribution in [0.5, 0.6) is 0 Å². The van der Waals surface area contributed by atoms with Crippen LogP contribution in [-0.2, 0) is 4.74 Å². The lowest BCUT2D eigenvalue weighted by molar-refractivity contribution is -0.171. The van der Waals surface area contributed by atoms with Crippen molar-refractivity contribution in [1.29, 1.82) is 0 Å². The Hall–Kier alpha value is -1.81. The molecule has 0 spiro atoms. The van der Waals surface area contributed by atoms with Crippen molar-refractivity contribution in [1.82, 2.24) is 9.88 Å². The van der Waals surface area contributed by atoms with Crippen molar-refractivity contribution >= 4 is 16.8 Å². The summed E-state index contributed by atoms with van der Waals surface area (Å²) in [6.07, 6.45) is 1.87. The van der Waals surface area contributed by atoms with Crippen LogP contribution in [0.2, 0.25) is 0 Å². The number of nitrogens with zero attached hydrogens (tertiary/aromatic N) is 1. The average Bonchev–Trinajstić information content (AvgIpc) is 2.82. The molecule has 3 rings (SSSR count). The van der Waals surface area contributed by atoms with Crippen LogP contribution < -0.4 is 0 Å². The molecule has 1 amide bonds. The predicted octanol–water partition coefficient (Wildman–Crippen LogP) is 3.20. The molecular formula is C17H22N2O2. The third-order valence-electron chi connectivity index (χ3n) is 3.80. The summed E-state index contributed by atoms with van der Waals surface area (Å²) in [5, 5.41) is 1.06. The van der Waals surface area contributed by atoms with E-state index < -0.39 is 0 Å². The van der Waals surface area contributed by atoms with E-state index in [4.69, 9.17) is 4.74 Å². The van der Waals surface area contributed by atoms with Crippen molar-refractivity contribution in [2.45, 2.75) is 38.9 Å². The van der Waals surface area contributed by atoms with Crippen LogP contribution in [0.25, 0.3) is 10.9 Å². The molecule has 1 aromatic heterocycles. The van der Waals surface area contributed by atoms with Crippen LogP contribution in [0.3, 0.4) is 0 Å². The number of aromatic nitrogens is 1. The van der Waals surface area contributed by atoms with E-state index in [0.717, 1.165) is 16.5 Å². The molecule has 0 radical (unpaired) electrons. The van der Waals surface area contributed by atoms with E-state index in [1.807, 2.05) is 63.1 Å². The minimum Gasteiger partial charge on any atom is -0.366 e. The first kappa shape index (κ1) is 14.1. The zero-order valence-corrected chi connectivity index (χ0v) is 13.1. The molecule has 0 bridgehead atoms. The van der Waals surface area contributed by atoms with Gasteiger partial charge in [-0.25, -0.2) is 0 Å². The van der Waals surface area contributed by atoms with Gasteiger partial charge in [-0.1, -0.05) is 12.1 Å². The highest BCUT2D eigenvalue weighted by Crippen LogP contribution is 2.30. The third kappa shape index (κ3) is 2.68. The van der Waals surface area contributed by atoms with Gasteiger partial charge in [-0.05, 0) is 39.8 Å². The topological polar surface area (TPSA) is 45.3 Å². The zero-order valence-electron chi connectivity index (χ0n) is 13.1. The summed E-state index contributed by atoms with van der Waals surface area (Å²) in [5.74, 6) is 0.0625. The quantitative estimate of drug-likeness (QED) is 0.875. The van der Waals surface area contributed by atoms with Crippen LogP contribution in [0, 0.1) is 0 Å². The second-order valence-electron chi connectivity index (χ2n) is 7.03. The van der Waals surface area contributed by atoms with Crippen molar-refractivity contribution in [3.05, 3.63) is 36.0 Å². The van der Waals surface area contributed by atoms with Crippen LogP contribution >= 0.6 is 0 Å². The van der Waals surface area contributed by atoms with Gasteiger partial charge >= 0.3 is 0 Å². The van der Waals surface area contributed by atoms with E-state index in [0.29, 0.717) is 13.1 Å². The number of carbonyl (C=O) groups is 1. The molecular weight excluding hydrogens is 264 g/mol. The first-order chi connectivity index (χ1) is 9.77. The largest absolute Gasteiger partial charge is 0.366 e. The molecule has 2 heterocycles. The standard InChI is InChI=1S/C17H22N2O2/c1-16(2)10-19(11-17(3,4)21-16)15(20)13-7-5-6-12-8-9-18-14(12)13/h5-9,18H,10-11H2,1-4H3. The molecule has 4 heteroatoms. The Morgan fingerprint density at radius 2 is 1.81 bits per heavy atom. The molecule has 0 atom stereocenters. The van der Waals surface area contributed by atoms with E-state index in [2.05, 4.69) is 4.98 Å². The number of benzene rings is 1. The molecule has 112 valence electrons. The Bertz CT molecular complexity index is 669. The molecule has 1 N–H and O–H groups in total. The first-order valence-corrected chi connectivity index (χ1v) is 7.33. The Kier molecular flexibility index (Phi) is 3.10. The lowest BCUT2D eigenvalue weighted by Crippen LogP contribution is -2.58. The number of H-pyrrole nitrogens is 1. The van der Waals surface area contributed by atoms with Gasteiger partial charge in [0.05, 0.1) is 22.3 Å². The van der Waals surface area contributed by atoms with Crippen molar-refractivity contribution in [3.63, 3.8) is 0 Å². The summed E-state index contributed by atoms with van der Waals surface area (Å²) in [7, 11) is 0. The number of para-hydroxylation sites is 1. The van der Waals surface area contributed by atoms with E-state index in [1.54, 1.807) is 0 Å². The minimum atomic E-state index is -0.332. The predicted molar refractivity (Wildman–Crippen MR) is 83.4 cm³/mol. The van der Waals surface area contributed by atoms with E-state index >= 15 is 0 Å². The number of fused-ring (bicyclic) bond motifs is 1. The Morgan fingerprint density at radius 1 is 1.14 bits per heavy atom. The number of amides is 1. The zero-order chi connectivity index (χ0) is 15.3. The summed E-state index contributed by atoms with van der Waals surface area (Å²) in [6, 6.07) is 7.81. The average molecular weight is 286 g/mol. The molecule has 0 saturated carbocycles. The number of rotatable bonds is 1. The summed E-state index contributed by atoms with van der Waals surface area (Å²) in [4.78, 5) is 18.0. The fourth-order valence-electron chi connectivity index (χ4n) is 3.36. The van der Waals surface area contributed by atoms with Gasteiger partial charge in [0, 0.05) is 24.7 Å². The lowest BCUT2D eigenvalue weighted by Gasteiger charge is -2.47. The van der Waals surface area contributed by atoms with Crippen molar-refractivity contribution < 1.29 is 9.53 Å². The monoisotopic (exact) mass is 286 g/mol. The second-order valence-corrected chi connectivity index (χ2v) is 7.03. The fourth-order valence-corrected chi connectivity index (χ4v) is 3.36. The Labute approximate surface area is 125 Å². The molecule has 1 aliphatic heterocycles. The van der Waals surface area contributed by atoms with Gasteiger partial charge in [0.1, 0.15) is 0 Å². The lowest BCUT2D eigenvalue weighted by atomic mass is 9.98. The van der Waals surface area contributed by atoms with Gasteiger partial charge in [0.25, 0.3) is 5.91 Å². The molecule has 21 heavy (non-hydrogen) atoms. The van der Waals surface area contributed by atoms with E-state index in [9.17, 15) is 4.79 Å². The Balaban J connectivity index is 1.96. The van der Waals surface area contributed by atoms with Gasteiger partial charge in [-0.2, -0.15) is 0 Å².